The molecule has 0 spiro atoms. The quantitative estimate of drug-likeness (QED) is 0.119. The summed E-state index contributed by atoms with van der Waals surface area (Å²) in [6, 6.07) is 0. The topological polar surface area (TPSA) is 233 Å². The molecule has 0 aromatic heterocycles. The second-order valence-corrected chi connectivity index (χ2v) is 10.1. The van der Waals surface area contributed by atoms with Crippen molar-refractivity contribution in [3.05, 3.63) is 0 Å². The molecule has 0 saturated heterocycles. The number of esters is 3. The molecule has 5 N–H and O–H groups in total. The van der Waals surface area contributed by atoms with Crippen molar-refractivity contribution in [1.29, 1.82) is 0 Å². The Hall–Kier alpha value is -1.41. The van der Waals surface area contributed by atoms with E-state index < -0.39 is 70.2 Å². The molecule has 0 unspecified atom stereocenters. The summed E-state index contributed by atoms with van der Waals surface area (Å²) in [7, 11) is -10.9. The van der Waals surface area contributed by atoms with Gasteiger partial charge in [-0.1, -0.05) is 20.8 Å². The predicted molar refractivity (Wildman–Crippen MR) is 114 cm³/mol. The molecule has 1 saturated carbocycles. The minimum absolute atomic E-state index is 0.182. The molecule has 1 aliphatic carbocycles. The van der Waals surface area contributed by atoms with E-state index in [-0.39, 0.29) is 32.1 Å². The van der Waals surface area contributed by atoms with Crippen molar-refractivity contribution < 1.29 is 71.5 Å². The van der Waals surface area contributed by atoms with E-state index in [0.717, 1.165) is 0 Å². The van der Waals surface area contributed by atoms with Crippen molar-refractivity contribution in [1.82, 2.24) is 0 Å². The zero-order valence-corrected chi connectivity index (χ0v) is 21.2. The SMILES string of the molecule is CCCC(=O)O[C@@H]1[C@@H](OC(=O)CCC)[C@H](OP(=O)(O)O)[C@@H](O)[C@@H](OP(=O)(O)O)[C@H]1OC(=O)CCC. The minimum atomic E-state index is -5.43. The molecule has 1 fully saturated rings. The van der Waals surface area contributed by atoms with E-state index in [1.165, 1.54) is 0 Å². The molecule has 0 bridgehead atoms. The van der Waals surface area contributed by atoms with Crippen LogP contribution < -0.4 is 0 Å². The Morgan fingerprint density at radius 2 is 0.857 bits per heavy atom. The van der Waals surface area contributed by atoms with Gasteiger partial charge in [0.25, 0.3) is 0 Å². The minimum Gasteiger partial charge on any atom is -0.455 e. The highest BCUT2D eigenvalue weighted by Crippen LogP contribution is 2.47. The van der Waals surface area contributed by atoms with Crippen LogP contribution in [0.25, 0.3) is 0 Å². The van der Waals surface area contributed by atoms with Crippen LogP contribution in [0.5, 0.6) is 0 Å². The number of phosphoric ester groups is 2. The third-order valence-electron chi connectivity index (χ3n) is 4.65. The molecule has 15 nitrogen and oxygen atoms in total. The standard InChI is InChI=1S/C18H32O15P2/c1-4-7-10(19)29-16-14(32-34(23,24)25)13(22)15(33-35(26,27)28)17(30-11(20)8-5-2)18(16)31-12(21)9-6-3/h13-18,22H,4-9H2,1-3H3,(H2,23,24,25)(H2,26,27,28)/t13-,14-,15-,16+,17-,18-/m1/s1. The Balaban J connectivity index is 3.66. The Morgan fingerprint density at radius 3 is 1.09 bits per heavy atom. The van der Waals surface area contributed by atoms with Crippen molar-refractivity contribution in [2.45, 2.75) is 95.9 Å². The fourth-order valence-electron chi connectivity index (χ4n) is 3.35. The van der Waals surface area contributed by atoms with Gasteiger partial charge in [-0.15, -0.1) is 0 Å². The van der Waals surface area contributed by atoms with Crippen LogP contribution in [0.1, 0.15) is 59.3 Å². The van der Waals surface area contributed by atoms with Crippen LogP contribution in [0.4, 0.5) is 0 Å². The maximum absolute atomic E-state index is 12.3. The number of aliphatic hydroxyl groups is 1. The Morgan fingerprint density at radius 1 is 0.600 bits per heavy atom. The van der Waals surface area contributed by atoms with Gasteiger partial charge in [0.1, 0.15) is 18.3 Å². The predicted octanol–water partition coefficient (Wildman–Crippen LogP) is 0.452. The molecular formula is C18H32O15P2. The first-order valence-corrected chi connectivity index (χ1v) is 13.9. The lowest BCUT2D eigenvalue weighted by Crippen LogP contribution is -2.67. The molecule has 35 heavy (non-hydrogen) atoms. The average Bonchev–Trinajstić information content (AvgIpc) is 2.69. The highest BCUT2D eigenvalue weighted by molar-refractivity contribution is 7.46. The van der Waals surface area contributed by atoms with Crippen LogP contribution >= 0.6 is 15.6 Å². The fraction of sp³-hybridized carbons (Fsp3) is 0.833. The van der Waals surface area contributed by atoms with E-state index >= 15 is 0 Å². The molecule has 0 aromatic rings. The highest BCUT2D eigenvalue weighted by Gasteiger charge is 2.59. The molecule has 0 radical (unpaired) electrons. The zero-order valence-electron chi connectivity index (χ0n) is 19.4. The third-order valence-corrected chi connectivity index (χ3v) is 5.69. The second kappa shape index (κ2) is 13.8. The van der Waals surface area contributed by atoms with Gasteiger partial charge < -0.3 is 38.9 Å². The van der Waals surface area contributed by atoms with Crippen molar-refractivity contribution in [2.24, 2.45) is 0 Å². The first kappa shape index (κ1) is 31.6. The van der Waals surface area contributed by atoms with Crippen LogP contribution in [0, 0.1) is 0 Å². The maximum atomic E-state index is 12.3. The van der Waals surface area contributed by atoms with Crippen LogP contribution in [-0.2, 0) is 46.8 Å². The van der Waals surface area contributed by atoms with Gasteiger partial charge in [0.05, 0.1) is 0 Å². The van der Waals surface area contributed by atoms with Crippen molar-refractivity contribution in [3.8, 4) is 0 Å². The largest absolute Gasteiger partial charge is 0.470 e. The maximum Gasteiger partial charge on any atom is 0.470 e. The van der Waals surface area contributed by atoms with Gasteiger partial charge in [0.15, 0.2) is 18.3 Å². The Bertz CT molecular complexity index is 765. The van der Waals surface area contributed by atoms with Gasteiger partial charge >= 0.3 is 33.6 Å². The van der Waals surface area contributed by atoms with Crippen LogP contribution in [0.2, 0.25) is 0 Å². The van der Waals surface area contributed by atoms with E-state index in [1.807, 2.05) is 0 Å². The molecule has 17 heteroatoms. The summed E-state index contributed by atoms with van der Waals surface area (Å²) in [5.41, 5.74) is 0. The van der Waals surface area contributed by atoms with E-state index in [1.54, 1.807) is 20.8 Å². The zero-order chi connectivity index (χ0) is 27.0. The van der Waals surface area contributed by atoms with Gasteiger partial charge in [-0.3, -0.25) is 23.4 Å². The summed E-state index contributed by atoms with van der Waals surface area (Å²) in [4.78, 5) is 74.3. The molecule has 0 aliphatic heterocycles. The fourth-order valence-corrected chi connectivity index (χ4v) is 4.47. The van der Waals surface area contributed by atoms with Crippen LogP contribution in [0.3, 0.4) is 0 Å². The van der Waals surface area contributed by atoms with Gasteiger partial charge in [0, 0.05) is 19.3 Å². The first-order chi connectivity index (χ1) is 16.1. The van der Waals surface area contributed by atoms with Gasteiger partial charge in [-0.05, 0) is 19.3 Å². The summed E-state index contributed by atoms with van der Waals surface area (Å²) in [5, 5.41) is 10.8. The number of hydrogen-bond donors (Lipinski definition) is 5. The van der Waals surface area contributed by atoms with E-state index in [0.29, 0.717) is 6.42 Å². The molecule has 0 heterocycles. The molecular weight excluding hydrogens is 518 g/mol. The Kier molecular flexibility index (Phi) is 12.4. The summed E-state index contributed by atoms with van der Waals surface area (Å²) in [6.45, 7) is 4.87. The number of ether oxygens (including phenoxy) is 3. The van der Waals surface area contributed by atoms with E-state index in [9.17, 15) is 48.2 Å². The van der Waals surface area contributed by atoms with E-state index in [2.05, 4.69) is 9.05 Å². The van der Waals surface area contributed by atoms with Crippen LogP contribution in [-0.4, -0.2) is 79.2 Å². The van der Waals surface area contributed by atoms with Crippen molar-refractivity contribution in [3.63, 3.8) is 0 Å². The lowest BCUT2D eigenvalue weighted by molar-refractivity contribution is -0.243. The second-order valence-electron chi connectivity index (χ2n) is 7.73. The lowest BCUT2D eigenvalue weighted by Gasteiger charge is -2.46. The van der Waals surface area contributed by atoms with E-state index in [4.69, 9.17) is 14.2 Å². The summed E-state index contributed by atoms with van der Waals surface area (Å²) >= 11 is 0. The number of rotatable bonds is 13. The normalized spacial score (nSPS) is 27.2. The number of carbonyl (C=O) groups is 3. The summed E-state index contributed by atoms with van der Waals surface area (Å²) in [6.07, 6.45) is -12.2. The Labute approximate surface area is 201 Å². The molecule has 1 rings (SSSR count). The number of carbonyl (C=O) groups excluding carboxylic acids is 3. The van der Waals surface area contributed by atoms with Gasteiger partial charge in [-0.25, -0.2) is 9.13 Å². The molecule has 1 aliphatic rings. The van der Waals surface area contributed by atoms with Crippen molar-refractivity contribution >= 4 is 33.6 Å². The van der Waals surface area contributed by atoms with Gasteiger partial charge in [-0.2, -0.15) is 0 Å². The monoisotopic (exact) mass is 550 g/mol. The number of aliphatic hydroxyl groups excluding tert-OH is 1. The smallest absolute Gasteiger partial charge is 0.455 e. The molecule has 0 aromatic carbocycles. The summed E-state index contributed by atoms with van der Waals surface area (Å²) < 4.78 is 48.1. The van der Waals surface area contributed by atoms with Crippen molar-refractivity contribution in [2.75, 3.05) is 0 Å². The molecule has 204 valence electrons. The van der Waals surface area contributed by atoms with Crippen LogP contribution in [0.15, 0.2) is 0 Å². The lowest BCUT2D eigenvalue weighted by atomic mass is 9.84. The first-order valence-electron chi connectivity index (χ1n) is 10.9. The average molecular weight is 550 g/mol. The van der Waals surface area contributed by atoms with Gasteiger partial charge in [0.2, 0.25) is 0 Å². The number of phosphoric acid groups is 2. The third kappa shape index (κ3) is 10.6. The number of hydrogen-bond acceptors (Lipinski definition) is 11. The highest BCUT2D eigenvalue weighted by atomic mass is 31.2. The summed E-state index contributed by atoms with van der Waals surface area (Å²) in [5.74, 6) is -2.80. The molecule has 6 atom stereocenters. The molecule has 0 amide bonds.